The maximum Gasteiger partial charge on any atom is 0.205 e. The molecule has 2 aliphatic carbocycles. The number of nitrogens with zero attached hydrogens (tertiary/aromatic N) is 1. The molecule has 1 aromatic rings. The summed E-state index contributed by atoms with van der Waals surface area (Å²) in [7, 11) is 3.38. The molecule has 0 aromatic heterocycles. The average molecular weight is 256 g/mol. The van der Waals surface area contributed by atoms with Crippen LogP contribution in [-0.4, -0.2) is 26.1 Å². The summed E-state index contributed by atoms with van der Waals surface area (Å²) in [5.74, 6) is -0.627. The van der Waals surface area contributed by atoms with Crippen LogP contribution in [0.5, 0.6) is 0 Å². The summed E-state index contributed by atoms with van der Waals surface area (Å²) in [6.07, 6.45) is 6.81. The van der Waals surface area contributed by atoms with Crippen molar-refractivity contribution in [2.24, 2.45) is 0 Å². The topological polar surface area (TPSA) is 57.8 Å². The van der Waals surface area contributed by atoms with Crippen LogP contribution >= 0.6 is 0 Å². The lowest BCUT2D eigenvalue weighted by atomic mass is 9.53. The molecule has 2 aliphatic rings. The number of benzene rings is 1. The summed E-state index contributed by atoms with van der Waals surface area (Å²) in [5.41, 5.74) is 2.30. The maximum absolute atomic E-state index is 8.24. The molecule has 1 aromatic carbocycles. The van der Waals surface area contributed by atoms with E-state index in [1.54, 1.807) is 14.2 Å². The molecule has 4 nitrogen and oxygen atoms in total. The number of allylic oxidation sites excluding steroid dienone is 1. The van der Waals surface area contributed by atoms with Crippen molar-refractivity contribution in [1.82, 2.24) is 0 Å². The minimum absolute atomic E-state index is 0.197. The molecule has 0 aliphatic heterocycles. The zero-order chi connectivity index (χ0) is 13.9. The number of ether oxygens (including phenoxy) is 2. The molecule has 0 bridgehead atoms. The van der Waals surface area contributed by atoms with Gasteiger partial charge in [-0.1, -0.05) is 42.5 Å². The van der Waals surface area contributed by atoms with Crippen molar-refractivity contribution in [1.29, 1.82) is 0 Å². The van der Waals surface area contributed by atoms with E-state index in [1.807, 2.05) is 24.3 Å². The second-order valence-corrected chi connectivity index (χ2v) is 4.27. The number of hydrogen-bond donors (Lipinski definition) is 0. The Hall–Kier alpha value is -2.00. The van der Waals surface area contributed by atoms with Gasteiger partial charge in [0.05, 0.1) is 5.41 Å². The molecule has 4 heteroatoms. The highest BCUT2D eigenvalue weighted by Gasteiger charge is 2.63. The zero-order valence-electron chi connectivity index (χ0n) is 10.8. The predicted molar refractivity (Wildman–Crippen MR) is 71.1 cm³/mol. The molecule has 3 rings (SSSR count). The van der Waals surface area contributed by atoms with Gasteiger partial charge in [-0.15, -0.1) is 0 Å². The smallest absolute Gasteiger partial charge is 0.205 e. The van der Waals surface area contributed by atoms with E-state index < -0.39 is 5.79 Å². The van der Waals surface area contributed by atoms with Crippen LogP contribution in [0.2, 0.25) is 0 Å². The van der Waals surface area contributed by atoms with Gasteiger partial charge in [0.25, 0.3) is 0 Å². The third kappa shape index (κ3) is 1.62. The number of carbonyl (C=O) groups excluding carboxylic acids is 1. The van der Waals surface area contributed by atoms with Crippen LogP contribution in [0.4, 0.5) is 0 Å². The first-order valence-corrected chi connectivity index (χ1v) is 5.80. The minimum atomic E-state index is -0.627. The Labute approximate surface area is 111 Å². The van der Waals surface area contributed by atoms with Gasteiger partial charge in [0.2, 0.25) is 5.79 Å². The summed E-state index contributed by atoms with van der Waals surface area (Å²) < 4.78 is 11.1. The van der Waals surface area contributed by atoms with Crippen LogP contribution in [0.15, 0.2) is 54.1 Å². The number of isocyanates is 1. The Bertz CT molecular complexity index is 552. The normalized spacial score (nSPS) is 24.6. The average Bonchev–Trinajstić information content (AvgIpc) is 2.44. The largest absolute Gasteiger partial charge is 0.724 e. The van der Waals surface area contributed by atoms with Crippen LogP contribution in [-0.2, 0) is 19.7 Å². The van der Waals surface area contributed by atoms with E-state index in [4.69, 9.17) is 19.7 Å². The molecular formula is C15H14NO3-. The molecule has 19 heavy (non-hydrogen) atoms. The van der Waals surface area contributed by atoms with Crippen molar-refractivity contribution in [2.75, 3.05) is 14.2 Å². The first-order valence-electron chi connectivity index (χ1n) is 5.80. The summed E-state index contributed by atoms with van der Waals surface area (Å²) in [4.78, 5) is 8.24. The van der Waals surface area contributed by atoms with Crippen LogP contribution in [0.1, 0.15) is 5.56 Å². The fraction of sp³-hybridized carbons (Fsp3) is 0.267. The number of hydrogen-bond acceptors (Lipinski definition) is 3. The van der Waals surface area contributed by atoms with Gasteiger partial charge >= 0.3 is 0 Å². The van der Waals surface area contributed by atoms with Gasteiger partial charge < -0.3 is 14.9 Å². The fourth-order valence-electron chi connectivity index (χ4n) is 2.75. The summed E-state index contributed by atoms with van der Waals surface area (Å²) in [6.45, 7) is 0. The van der Waals surface area contributed by atoms with Crippen LogP contribution < -0.4 is 0 Å². The van der Waals surface area contributed by atoms with Gasteiger partial charge in [-0.25, -0.2) is 0 Å². The Morgan fingerprint density at radius 2 is 1.74 bits per heavy atom. The summed E-state index contributed by atoms with van der Waals surface area (Å²) in [5, 5.41) is 6.76. The monoisotopic (exact) mass is 256 g/mol. The van der Waals surface area contributed by atoms with Crippen molar-refractivity contribution < 1.29 is 14.3 Å². The van der Waals surface area contributed by atoms with Crippen LogP contribution in [0.25, 0.3) is 5.41 Å². The van der Waals surface area contributed by atoms with Crippen LogP contribution in [0, 0.1) is 0 Å². The fourth-order valence-corrected chi connectivity index (χ4v) is 2.75. The van der Waals surface area contributed by atoms with Crippen molar-refractivity contribution in [3.05, 3.63) is 65.1 Å². The standard InChI is InChI=1S/C14H14O2.CNO/c1-15-14(16-2)10-12-8-9-13(12,14)11-6-4-3-5-7-11;2-1-3/h3-10H,1-2H3;/q;-1. The van der Waals surface area contributed by atoms with Crippen molar-refractivity contribution in [3.63, 3.8) is 0 Å². The number of fused-ring (bicyclic) bond motifs is 1. The van der Waals surface area contributed by atoms with Gasteiger partial charge in [0.15, 0.2) is 0 Å². The molecule has 0 spiro atoms. The molecule has 1 unspecified atom stereocenters. The lowest BCUT2D eigenvalue weighted by Crippen LogP contribution is -2.62. The quantitative estimate of drug-likeness (QED) is 0.473. The Balaban J connectivity index is 0.000000408. The molecular weight excluding hydrogens is 242 g/mol. The summed E-state index contributed by atoms with van der Waals surface area (Å²) in [6, 6.07) is 10.3. The van der Waals surface area contributed by atoms with E-state index in [0.717, 1.165) is 0 Å². The Morgan fingerprint density at radius 3 is 2.11 bits per heavy atom. The first kappa shape index (κ1) is 13.4. The van der Waals surface area contributed by atoms with E-state index >= 15 is 0 Å². The minimum Gasteiger partial charge on any atom is -0.724 e. The lowest BCUT2D eigenvalue weighted by molar-refractivity contribution is -0.216. The second kappa shape index (κ2) is 4.94. The van der Waals surface area contributed by atoms with E-state index in [1.165, 1.54) is 11.1 Å². The molecule has 0 saturated carbocycles. The lowest BCUT2D eigenvalue weighted by Gasteiger charge is -2.57. The molecule has 98 valence electrons. The van der Waals surface area contributed by atoms with Gasteiger partial charge in [-0.05, 0) is 23.3 Å². The Morgan fingerprint density at radius 1 is 1.16 bits per heavy atom. The molecule has 0 amide bonds. The van der Waals surface area contributed by atoms with E-state index in [9.17, 15) is 0 Å². The van der Waals surface area contributed by atoms with Crippen molar-refractivity contribution in [2.45, 2.75) is 11.2 Å². The third-order valence-corrected chi connectivity index (χ3v) is 3.70. The number of rotatable bonds is 3. The second-order valence-electron chi connectivity index (χ2n) is 4.27. The van der Waals surface area contributed by atoms with Gasteiger partial charge in [-0.3, -0.25) is 4.79 Å². The van der Waals surface area contributed by atoms with Crippen molar-refractivity contribution in [3.8, 4) is 0 Å². The predicted octanol–water partition coefficient (Wildman–Crippen LogP) is 2.31. The Kier molecular flexibility index (Phi) is 3.49. The first-order chi connectivity index (χ1) is 9.20. The molecule has 0 saturated heterocycles. The zero-order valence-corrected chi connectivity index (χ0v) is 10.8. The van der Waals surface area contributed by atoms with Gasteiger partial charge in [-0.2, -0.15) is 0 Å². The van der Waals surface area contributed by atoms with Gasteiger partial charge in [0, 0.05) is 14.2 Å². The van der Waals surface area contributed by atoms with Crippen LogP contribution in [0.3, 0.4) is 0 Å². The highest BCUT2D eigenvalue weighted by Crippen LogP contribution is 2.59. The van der Waals surface area contributed by atoms with E-state index in [-0.39, 0.29) is 5.41 Å². The van der Waals surface area contributed by atoms with Gasteiger partial charge in [0.1, 0.15) is 0 Å². The highest BCUT2D eigenvalue weighted by atomic mass is 16.7. The van der Waals surface area contributed by atoms with E-state index in [2.05, 4.69) is 24.3 Å². The molecule has 0 N–H and O–H groups in total. The molecule has 0 heterocycles. The maximum atomic E-state index is 8.24. The summed E-state index contributed by atoms with van der Waals surface area (Å²) >= 11 is 0. The number of methoxy groups -OCH3 is 2. The molecule has 0 radical (unpaired) electrons. The van der Waals surface area contributed by atoms with Crippen molar-refractivity contribution >= 4 is 6.08 Å². The molecule has 0 fully saturated rings. The SMILES string of the molecule is COC1(OC)C=C2C=CC21c1ccccc1.[N-]=C=O. The third-order valence-electron chi connectivity index (χ3n) is 3.70. The molecule has 1 atom stereocenters. The highest BCUT2D eigenvalue weighted by molar-refractivity contribution is 5.66. The van der Waals surface area contributed by atoms with E-state index in [0.29, 0.717) is 6.08 Å².